The monoisotopic (exact) mass is 248 g/mol. The van der Waals surface area contributed by atoms with Crippen molar-refractivity contribution < 1.29 is 4.43 Å². The van der Waals surface area contributed by atoms with E-state index in [1.807, 2.05) is 0 Å². The van der Waals surface area contributed by atoms with Gasteiger partial charge in [-0.15, -0.1) is 0 Å². The van der Waals surface area contributed by atoms with Gasteiger partial charge in [-0.2, -0.15) is 5.26 Å². The van der Waals surface area contributed by atoms with Gasteiger partial charge < -0.3 is 10.2 Å². The van der Waals surface area contributed by atoms with Gasteiger partial charge in [0.1, 0.15) is 5.75 Å². The summed E-state index contributed by atoms with van der Waals surface area (Å²) in [5.41, 5.74) is 7.05. The molecule has 0 amide bonds. The van der Waals surface area contributed by atoms with Crippen LogP contribution in [0.3, 0.4) is 0 Å². The highest BCUT2D eigenvalue weighted by Crippen LogP contribution is 2.38. The van der Waals surface area contributed by atoms with Crippen LogP contribution >= 0.6 is 0 Å². The molecule has 92 valence electrons. The van der Waals surface area contributed by atoms with Crippen molar-refractivity contribution in [3.8, 4) is 11.8 Å². The van der Waals surface area contributed by atoms with Crippen LogP contribution in [0.4, 0.5) is 5.69 Å². The molecule has 0 atom stereocenters. The normalized spacial score (nSPS) is 12.0. The molecule has 0 aliphatic heterocycles. The van der Waals surface area contributed by atoms with Crippen LogP contribution in [-0.4, -0.2) is 8.32 Å². The van der Waals surface area contributed by atoms with Crippen LogP contribution in [0.25, 0.3) is 0 Å². The van der Waals surface area contributed by atoms with Crippen molar-refractivity contribution in [1.29, 1.82) is 5.26 Å². The first-order valence-electron chi connectivity index (χ1n) is 5.66. The third-order valence-electron chi connectivity index (χ3n) is 3.31. The molecule has 0 saturated carbocycles. The number of anilines is 1. The average molecular weight is 248 g/mol. The summed E-state index contributed by atoms with van der Waals surface area (Å²) in [7, 11) is -1.90. The van der Waals surface area contributed by atoms with E-state index in [4.69, 9.17) is 15.4 Å². The maximum atomic E-state index is 8.88. The predicted molar refractivity (Wildman–Crippen MR) is 73.4 cm³/mol. The third kappa shape index (κ3) is 3.01. The molecule has 0 saturated heterocycles. The Labute approximate surface area is 104 Å². The molecule has 1 rings (SSSR count). The summed E-state index contributed by atoms with van der Waals surface area (Å²) in [6.45, 7) is 10.8. The minimum atomic E-state index is -1.90. The van der Waals surface area contributed by atoms with Crippen molar-refractivity contribution in [2.45, 2.75) is 38.9 Å². The number of nitrogen functional groups attached to an aromatic ring is 1. The topological polar surface area (TPSA) is 59.0 Å². The highest BCUT2D eigenvalue weighted by atomic mass is 28.4. The zero-order valence-corrected chi connectivity index (χ0v) is 12.2. The van der Waals surface area contributed by atoms with Crippen molar-refractivity contribution in [3.63, 3.8) is 0 Å². The fourth-order valence-corrected chi connectivity index (χ4v) is 2.15. The summed E-state index contributed by atoms with van der Waals surface area (Å²) in [5.74, 6) is 0.635. The Balaban J connectivity index is 3.08. The number of nitrogens with two attached hydrogens (primary N) is 1. The van der Waals surface area contributed by atoms with E-state index in [9.17, 15) is 0 Å². The van der Waals surface area contributed by atoms with Gasteiger partial charge in [0.05, 0.1) is 17.3 Å². The van der Waals surface area contributed by atoms with Gasteiger partial charge in [-0.05, 0) is 36.3 Å². The summed E-state index contributed by atoms with van der Waals surface area (Å²) in [6, 6.07) is 7.24. The summed E-state index contributed by atoms with van der Waals surface area (Å²) in [5, 5.41) is 8.99. The van der Waals surface area contributed by atoms with Gasteiger partial charge in [-0.3, -0.25) is 0 Å². The Hall–Kier alpha value is -1.47. The number of benzene rings is 1. The van der Waals surface area contributed by atoms with Crippen LogP contribution in [0.15, 0.2) is 18.2 Å². The molecular formula is C13H20N2OSi. The number of hydrogen-bond acceptors (Lipinski definition) is 3. The Bertz CT molecular complexity index is 455. The lowest BCUT2D eigenvalue weighted by atomic mass is 10.2. The lowest BCUT2D eigenvalue weighted by Crippen LogP contribution is -2.44. The first kappa shape index (κ1) is 13.6. The van der Waals surface area contributed by atoms with Crippen LogP contribution in [0, 0.1) is 11.3 Å². The summed E-state index contributed by atoms with van der Waals surface area (Å²) >= 11 is 0. The van der Waals surface area contributed by atoms with E-state index in [2.05, 4.69) is 39.9 Å². The highest BCUT2D eigenvalue weighted by molar-refractivity contribution is 6.74. The molecule has 4 heteroatoms. The second-order valence-electron chi connectivity index (χ2n) is 5.73. The van der Waals surface area contributed by atoms with Crippen LogP contribution < -0.4 is 10.2 Å². The average Bonchev–Trinajstić information content (AvgIpc) is 2.19. The first-order valence-corrected chi connectivity index (χ1v) is 8.57. The maximum Gasteiger partial charge on any atom is 0.250 e. The van der Waals surface area contributed by atoms with Crippen molar-refractivity contribution in [3.05, 3.63) is 23.8 Å². The lowest BCUT2D eigenvalue weighted by molar-refractivity contribution is 0.494. The lowest BCUT2D eigenvalue weighted by Gasteiger charge is -2.36. The van der Waals surface area contributed by atoms with Crippen molar-refractivity contribution in [1.82, 2.24) is 0 Å². The van der Waals surface area contributed by atoms with E-state index in [1.54, 1.807) is 18.2 Å². The molecule has 0 unspecified atom stereocenters. The second-order valence-corrected chi connectivity index (χ2v) is 10.5. The molecule has 1 aromatic carbocycles. The number of hydrogen-bond donors (Lipinski definition) is 1. The van der Waals surface area contributed by atoms with Crippen molar-refractivity contribution in [2.75, 3.05) is 5.73 Å². The van der Waals surface area contributed by atoms with Gasteiger partial charge in [-0.25, -0.2) is 0 Å². The summed E-state index contributed by atoms with van der Waals surface area (Å²) in [6.07, 6.45) is 0. The van der Waals surface area contributed by atoms with E-state index in [0.717, 1.165) is 0 Å². The predicted octanol–water partition coefficient (Wildman–Crippen LogP) is 3.52. The molecule has 0 aliphatic carbocycles. The molecule has 0 radical (unpaired) electrons. The molecule has 17 heavy (non-hydrogen) atoms. The van der Waals surface area contributed by atoms with E-state index in [-0.39, 0.29) is 5.04 Å². The van der Waals surface area contributed by atoms with E-state index in [1.165, 1.54) is 0 Å². The molecule has 1 aromatic rings. The largest absolute Gasteiger partial charge is 0.542 e. The SMILES string of the molecule is CC(C)(C)[Si](C)(C)Oc1cc(C#N)ccc1N. The van der Waals surface area contributed by atoms with E-state index >= 15 is 0 Å². The van der Waals surface area contributed by atoms with Gasteiger partial charge in [0.25, 0.3) is 8.32 Å². The molecule has 0 bridgehead atoms. The molecule has 0 spiro atoms. The number of nitrogens with zero attached hydrogens (tertiary/aromatic N) is 1. The van der Waals surface area contributed by atoms with Gasteiger partial charge in [0, 0.05) is 0 Å². The van der Waals surface area contributed by atoms with E-state index in [0.29, 0.717) is 17.0 Å². The van der Waals surface area contributed by atoms with Gasteiger partial charge in [0.2, 0.25) is 0 Å². The Morgan fingerprint density at radius 1 is 1.29 bits per heavy atom. The molecule has 0 aromatic heterocycles. The zero-order chi connectivity index (χ0) is 13.3. The standard InChI is InChI=1S/C13H20N2OSi/c1-13(2,3)17(4,5)16-12-8-10(9-14)6-7-11(12)15/h6-8H,15H2,1-5H3. The fourth-order valence-electron chi connectivity index (χ4n) is 1.12. The molecule has 0 fully saturated rings. The first-order chi connectivity index (χ1) is 7.67. The molecule has 3 nitrogen and oxygen atoms in total. The Kier molecular flexibility index (Phi) is 3.53. The van der Waals surface area contributed by atoms with E-state index < -0.39 is 8.32 Å². The fraction of sp³-hybridized carbons (Fsp3) is 0.462. The van der Waals surface area contributed by atoms with Crippen molar-refractivity contribution in [2.24, 2.45) is 0 Å². The van der Waals surface area contributed by atoms with Crippen LogP contribution in [0.1, 0.15) is 26.3 Å². The molecule has 2 N–H and O–H groups in total. The smallest absolute Gasteiger partial charge is 0.250 e. The molecule has 0 aliphatic rings. The van der Waals surface area contributed by atoms with Crippen LogP contribution in [0.5, 0.6) is 5.75 Å². The second kappa shape index (κ2) is 4.42. The minimum absolute atomic E-state index is 0.113. The van der Waals surface area contributed by atoms with Gasteiger partial charge >= 0.3 is 0 Å². The van der Waals surface area contributed by atoms with Crippen molar-refractivity contribution >= 4 is 14.0 Å². The minimum Gasteiger partial charge on any atom is -0.542 e. The summed E-state index contributed by atoms with van der Waals surface area (Å²) in [4.78, 5) is 0. The summed E-state index contributed by atoms with van der Waals surface area (Å²) < 4.78 is 6.10. The quantitative estimate of drug-likeness (QED) is 0.643. The number of rotatable bonds is 2. The zero-order valence-electron chi connectivity index (χ0n) is 11.2. The molecule has 0 heterocycles. The van der Waals surface area contributed by atoms with Gasteiger partial charge in [0.15, 0.2) is 0 Å². The van der Waals surface area contributed by atoms with Crippen LogP contribution in [-0.2, 0) is 0 Å². The number of nitriles is 1. The Morgan fingerprint density at radius 3 is 2.35 bits per heavy atom. The Morgan fingerprint density at radius 2 is 1.88 bits per heavy atom. The third-order valence-corrected chi connectivity index (χ3v) is 7.66. The van der Waals surface area contributed by atoms with Gasteiger partial charge in [-0.1, -0.05) is 20.8 Å². The van der Waals surface area contributed by atoms with Crippen LogP contribution in [0.2, 0.25) is 18.1 Å². The highest BCUT2D eigenvalue weighted by Gasteiger charge is 2.39. The maximum absolute atomic E-state index is 8.88. The molecular weight excluding hydrogens is 228 g/mol.